The number of rotatable bonds is 2. The van der Waals surface area contributed by atoms with E-state index in [1.54, 1.807) is 22.7 Å². The van der Waals surface area contributed by atoms with Crippen molar-refractivity contribution >= 4 is 59.1 Å². The van der Waals surface area contributed by atoms with Crippen molar-refractivity contribution in [1.29, 1.82) is 0 Å². The monoisotopic (exact) mass is 378 g/mol. The molecule has 6 nitrogen and oxygen atoms in total. The SMILES string of the molecule is CN(C)c1n/c(=N\c2nc3ccccc3s2)n2c(n1)sc1ccccc12. The van der Waals surface area contributed by atoms with Gasteiger partial charge in [0.1, 0.15) is 0 Å². The second-order valence-electron chi connectivity index (χ2n) is 5.98. The Labute approximate surface area is 156 Å². The number of nitrogens with zero attached hydrogens (tertiary/aromatic N) is 6. The Balaban J connectivity index is 1.87. The molecular weight excluding hydrogens is 364 g/mol. The molecule has 0 N–H and O–H groups in total. The van der Waals surface area contributed by atoms with Gasteiger partial charge >= 0.3 is 0 Å². The van der Waals surface area contributed by atoms with Gasteiger partial charge in [0.25, 0.3) is 0 Å². The first kappa shape index (κ1) is 15.4. The average molecular weight is 378 g/mol. The van der Waals surface area contributed by atoms with E-state index in [-0.39, 0.29) is 0 Å². The number of hydrogen-bond acceptors (Lipinski definition) is 7. The first-order valence-corrected chi connectivity index (χ1v) is 9.68. The summed E-state index contributed by atoms with van der Waals surface area (Å²) in [6.07, 6.45) is 0. The summed E-state index contributed by atoms with van der Waals surface area (Å²) in [7, 11) is 3.86. The number of anilines is 1. The number of benzene rings is 2. The fourth-order valence-electron chi connectivity index (χ4n) is 2.76. The third-order valence-electron chi connectivity index (χ3n) is 3.97. The van der Waals surface area contributed by atoms with Gasteiger partial charge in [0.15, 0.2) is 0 Å². The summed E-state index contributed by atoms with van der Waals surface area (Å²) in [4.78, 5) is 21.5. The van der Waals surface area contributed by atoms with Crippen LogP contribution in [0.5, 0.6) is 0 Å². The zero-order chi connectivity index (χ0) is 17.7. The van der Waals surface area contributed by atoms with Gasteiger partial charge in [-0.05, 0) is 24.3 Å². The molecule has 128 valence electrons. The smallest absolute Gasteiger partial charge is 0.242 e. The molecule has 0 fully saturated rings. The number of hydrogen-bond donors (Lipinski definition) is 0. The molecule has 0 atom stereocenters. The van der Waals surface area contributed by atoms with Crippen molar-refractivity contribution < 1.29 is 0 Å². The van der Waals surface area contributed by atoms with E-state index in [0.29, 0.717) is 16.7 Å². The van der Waals surface area contributed by atoms with E-state index in [4.69, 9.17) is 4.99 Å². The molecule has 0 saturated heterocycles. The highest BCUT2D eigenvalue weighted by Crippen LogP contribution is 2.28. The second-order valence-corrected chi connectivity index (χ2v) is 8.00. The van der Waals surface area contributed by atoms with Crippen LogP contribution in [0.2, 0.25) is 0 Å². The maximum absolute atomic E-state index is 4.77. The normalized spacial score (nSPS) is 12.5. The van der Waals surface area contributed by atoms with E-state index in [0.717, 1.165) is 25.4 Å². The van der Waals surface area contributed by atoms with Crippen LogP contribution in [0.1, 0.15) is 0 Å². The summed E-state index contributed by atoms with van der Waals surface area (Å²) in [6, 6.07) is 16.3. The van der Waals surface area contributed by atoms with Crippen LogP contribution in [0.4, 0.5) is 11.1 Å². The van der Waals surface area contributed by atoms with Crippen LogP contribution in [-0.2, 0) is 0 Å². The lowest BCUT2D eigenvalue weighted by atomic mass is 10.3. The van der Waals surface area contributed by atoms with Gasteiger partial charge < -0.3 is 4.90 Å². The topological polar surface area (TPSA) is 58.7 Å². The predicted octanol–water partition coefficient (Wildman–Crippen LogP) is 3.85. The molecular formula is C18H14N6S2. The molecule has 2 aromatic carbocycles. The van der Waals surface area contributed by atoms with E-state index >= 15 is 0 Å². The molecule has 0 unspecified atom stereocenters. The Bertz CT molecular complexity index is 1300. The van der Waals surface area contributed by atoms with Gasteiger partial charge in [-0.15, -0.1) is 0 Å². The first-order valence-electron chi connectivity index (χ1n) is 8.05. The van der Waals surface area contributed by atoms with Gasteiger partial charge in [-0.25, -0.2) is 4.98 Å². The lowest BCUT2D eigenvalue weighted by Crippen LogP contribution is -2.24. The van der Waals surface area contributed by atoms with Gasteiger partial charge in [0.2, 0.25) is 21.7 Å². The minimum absolute atomic E-state index is 0.593. The first-order chi connectivity index (χ1) is 12.7. The summed E-state index contributed by atoms with van der Waals surface area (Å²) in [5.41, 5.74) is 2.60. The highest BCUT2D eigenvalue weighted by atomic mass is 32.1. The van der Waals surface area contributed by atoms with Crippen LogP contribution in [-0.4, -0.2) is 33.4 Å². The van der Waals surface area contributed by atoms with Gasteiger partial charge in [-0.3, -0.25) is 4.40 Å². The van der Waals surface area contributed by atoms with Crippen LogP contribution in [0.25, 0.3) is 25.4 Å². The molecule has 8 heteroatoms. The summed E-state index contributed by atoms with van der Waals surface area (Å²) in [5, 5.41) is 0.693. The van der Waals surface area contributed by atoms with Gasteiger partial charge in [0, 0.05) is 14.1 Å². The molecule has 0 bridgehead atoms. The molecule has 0 aliphatic carbocycles. The van der Waals surface area contributed by atoms with Crippen molar-refractivity contribution in [3.63, 3.8) is 0 Å². The third-order valence-corrected chi connectivity index (χ3v) is 5.92. The summed E-state index contributed by atoms with van der Waals surface area (Å²) in [6.45, 7) is 0. The molecule has 26 heavy (non-hydrogen) atoms. The lowest BCUT2D eigenvalue weighted by molar-refractivity contribution is 0.897. The molecule has 3 heterocycles. The second kappa shape index (κ2) is 5.86. The maximum Gasteiger partial charge on any atom is 0.242 e. The quantitative estimate of drug-likeness (QED) is 0.468. The minimum atomic E-state index is 0.593. The fourth-order valence-corrected chi connectivity index (χ4v) is 4.60. The van der Waals surface area contributed by atoms with E-state index in [2.05, 4.69) is 33.2 Å². The van der Waals surface area contributed by atoms with Crippen molar-refractivity contribution in [3.05, 3.63) is 54.1 Å². The van der Waals surface area contributed by atoms with E-state index in [1.807, 2.05) is 53.7 Å². The lowest BCUT2D eigenvalue weighted by Gasteiger charge is -2.09. The van der Waals surface area contributed by atoms with E-state index in [9.17, 15) is 0 Å². The zero-order valence-electron chi connectivity index (χ0n) is 14.1. The van der Waals surface area contributed by atoms with Crippen LogP contribution in [0, 0.1) is 0 Å². The molecule has 0 aliphatic heterocycles. The minimum Gasteiger partial charge on any atom is -0.347 e. The van der Waals surface area contributed by atoms with Gasteiger partial charge in [-0.2, -0.15) is 15.0 Å². The molecule has 0 amide bonds. The molecule has 0 spiro atoms. The van der Waals surface area contributed by atoms with Crippen LogP contribution in [0.15, 0.2) is 53.5 Å². The van der Waals surface area contributed by atoms with Crippen LogP contribution < -0.4 is 10.5 Å². The van der Waals surface area contributed by atoms with Crippen molar-refractivity contribution in [2.24, 2.45) is 4.99 Å². The largest absolute Gasteiger partial charge is 0.347 e. The highest BCUT2D eigenvalue weighted by Gasteiger charge is 2.11. The fraction of sp³-hybridized carbons (Fsp3) is 0.111. The Morgan fingerprint density at radius 3 is 2.46 bits per heavy atom. The van der Waals surface area contributed by atoms with Crippen molar-refractivity contribution in [1.82, 2.24) is 19.4 Å². The molecule has 3 aromatic heterocycles. The zero-order valence-corrected chi connectivity index (χ0v) is 15.8. The Hall–Kier alpha value is -2.84. The maximum atomic E-state index is 4.77. The Morgan fingerprint density at radius 1 is 0.885 bits per heavy atom. The molecule has 0 aliphatic rings. The van der Waals surface area contributed by atoms with E-state index < -0.39 is 0 Å². The number of thiazole rings is 2. The average Bonchev–Trinajstić information content (AvgIpc) is 3.21. The number of aromatic nitrogens is 4. The Kier molecular flexibility index (Phi) is 3.47. The van der Waals surface area contributed by atoms with Crippen molar-refractivity contribution in [2.45, 2.75) is 0 Å². The standard InChI is InChI=1S/C18H14N6S2/c1-23(2)15-20-16(21-17-19-11-7-3-5-9-13(11)25-17)24-12-8-4-6-10-14(12)26-18(24)22-15/h3-10H,1-2H3/b21-16+. The summed E-state index contributed by atoms with van der Waals surface area (Å²) < 4.78 is 4.27. The number of para-hydroxylation sites is 2. The van der Waals surface area contributed by atoms with Crippen LogP contribution >= 0.6 is 22.7 Å². The highest BCUT2D eigenvalue weighted by molar-refractivity contribution is 7.23. The summed E-state index contributed by atoms with van der Waals surface area (Å²) in [5.74, 6) is 0.636. The van der Waals surface area contributed by atoms with Gasteiger partial charge in [-0.1, -0.05) is 46.9 Å². The Morgan fingerprint density at radius 2 is 1.65 bits per heavy atom. The predicted molar refractivity (Wildman–Crippen MR) is 108 cm³/mol. The number of fused-ring (bicyclic) bond motifs is 4. The van der Waals surface area contributed by atoms with Crippen molar-refractivity contribution in [3.8, 4) is 0 Å². The van der Waals surface area contributed by atoms with Crippen molar-refractivity contribution in [2.75, 3.05) is 19.0 Å². The molecule has 0 saturated carbocycles. The van der Waals surface area contributed by atoms with Gasteiger partial charge in [0.05, 0.1) is 20.4 Å². The van der Waals surface area contributed by atoms with Crippen LogP contribution in [0.3, 0.4) is 0 Å². The molecule has 0 radical (unpaired) electrons. The molecule has 5 rings (SSSR count). The van der Waals surface area contributed by atoms with E-state index in [1.165, 1.54) is 0 Å². The third kappa shape index (κ3) is 2.46. The molecule has 5 aromatic rings. The summed E-state index contributed by atoms with van der Waals surface area (Å²) >= 11 is 3.19.